The zero-order chi connectivity index (χ0) is 23.5. The van der Waals surface area contributed by atoms with Crippen molar-refractivity contribution in [3.8, 4) is 11.5 Å². The number of benzene rings is 2. The lowest BCUT2D eigenvalue weighted by Gasteiger charge is -2.33. The van der Waals surface area contributed by atoms with Crippen LogP contribution < -0.4 is 5.32 Å². The highest BCUT2D eigenvalue weighted by Gasteiger charge is 2.26. The van der Waals surface area contributed by atoms with E-state index in [0.717, 1.165) is 37.3 Å². The van der Waals surface area contributed by atoms with Crippen LogP contribution in [0.1, 0.15) is 30.4 Å². The molecule has 0 radical (unpaired) electrons. The first kappa shape index (κ1) is 22.5. The van der Waals surface area contributed by atoms with Gasteiger partial charge in [-0.05, 0) is 55.4 Å². The van der Waals surface area contributed by atoms with Crippen LogP contribution in [0.2, 0.25) is 5.02 Å². The van der Waals surface area contributed by atoms with Crippen LogP contribution in [-0.2, 0) is 6.54 Å². The van der Waals surface area contributed by atoms with E-state index < -0.39 is 0 Å². The molecule has 174 valence electrons. The fraction of sp³-hybridized carbons (Fsp3) is 0.250. The Morgan fingerprint density at radius 1 is 1.18 bits per heavy atom. The summed E-state index contributed by atoms with van der Waals surface area (Å²) in [5, 5.41) is 8.06. The number of rotatable bonds is 5. The summed E-state index contributed by atoms with van der Waals surface area (Å²) in [5.41, 5.74) is 1.17. The zero-order valence-corrected chi connectivity index (χ0v) is 19.8. The molecule has 0 aliphatic carbocycles. The molecule has 4 aromatic rings. The molecule has 1 N–H and O–H groups in total. The number of nitrogens with zero attached hydrogens (tertiary/aromatic N) is 5. The van der Waals surface area contributed by atoms with Crippen molar-refractivity contribution in [2.75, 3.05) is 18.4 Å². The van der Waals surface area contributed by atoms with E-state index in [0.29, 0.717) is 28.4 Å². The molecule has 7 nitrogen and oxygen atoms in total. The minimum atomic E-state index is -0.388. The number of aromatic nitrogens is 4. The maximum Gasteiger partial charge on any atom is 0.257 e. The quantitative estimate of drug-likeness (QED) is 0.373. The second-order valence-electron chi connectivity index (χ2n) is 8.11. The summed E-state index contributed by atoms with van der Waals surface area (Å²) in [5.74, 6) is 1.98. The minimum absolute atomic E-state index is 0.275. The van der Waals surface area contributed by atoms with Crippen LogP contribution in [0.25, 0.3) is 11.5 Å². The molecule has 1 aliphatic rings. The van der Waals surface area contributed by atoms with Crippen LogP contribution in [0.3, 0.4) is 0 Å². The number of nitrogens with one attached hydrogen (secondary N) is 1. The van der Waals surface area contributed by atoms with Gasteiger partial charge in [0.25, 0.3) is 5.89 Å². The predicted octanol–water partition coefficient (Wildman–Crippen LogP) is 5.35. The smallest absolute Gasteiger partial charge is 0.257 e. The van der Waals surface area contributed by atoms with Crippen molar-refractivity contribution in [1.82, 2.24) is 24.6 Å². The molecule has 2 aromatic carbocycles. The number of anilines is 1. The molecule has 0 amide bonds. The van der Waals surface area contributed by atoms with Gasteiger partial charge in [0.1, 0.15) is 11.6 Å². The lowest BCUT2D eigenvalue weighted by Crippen LogP contribution is -2.40. The molecular weight excluding hydrogens is 475 g/mol. The third-order valence-corrected chi connectivity index (χ3v) is 6.46. The van der Waals surface area contributed by atoms with E-state index >= 15 is 0 Å². The van der Waals surface area contributed by atoms with E-state index in [9.17, 15) is 4.39 Å². The zero-order valence-electron chi connectivity index (χ0n) is 18.2. The average Bonchev–Trinajstić information content (AvgIpc) is 3.52. The molecule has 1 fully saturated rings. The van der Waals surface area contributed by atoms with Gasteiger partial charge in [-0.3, -0.25) is 0 Å². The third kappa shape index (κ3) is 4.95. The molecule has 0 spiro atoms. The average molecular weight is 497 g/mol. The lowest BCUT2D eigenvalue weighted by atomic mass is 9.96. The Hall–Kier alpha value is -3.30. The molecular formula is C24H22ClFN6OS. The van der Waals surface area contributed by atoms with Gasteiger partial charge in [-0.15, -0.1) is 0 Å². The third-order valence-electron chi connectivity index (χ3n) is 5.87. The van der Waals surface area contributed by atoms with Gasteiger partial charge >= 0.3 is 0 Å². The Balaban J connectivity index is 1.20. The van der Waals surface area contributed by atoms with Gasteiger partial charge in [0, 0.05) is 42.0 Å². The molecule has 1 saturated heterocycles. The summed E-state index contributed by atoms with van der Waals surface area (Å²) in [6.45, 7) is 1.97. The molecule has 34 heavy (non-hydrogen) atoms. The van der Waals surface area contributed by atoms with Crippen LogP contribution in [0.4, 0.5) is 10.1 Å². The van der Waals surface area contributed by atoms with E-state index in [-0.39, 0.29) is 17.4 Å². The number of hydrogen-bond donors (Lipinski definition) is 1. The lowest BCUT2D eigenvalue weighted by molar-refractivity contribution is 0.306. The summed E-state index contributed by atoms with van der Waals surface area (Å²) in [6.07, 6.45) is 5.49. The predicted molar refractivity (Wildman–Crippen MR) is 132 cm³/mol. The van der Waals surface area contributed by atoms with E-state index in [2.05, 4.69) is 25.0 Å². The van der Waals surface area contributed by atoms with E-state index in [4.69, 9.17) is 28.3 Å². The molecule has 5 rings (SSSR count). The summed E-state index contributed by atoms with van der Waals surface area (Å²) >= 11 is 11.5. The van der Waals surface area contributed by atoms with Gasteiger partial charge in [0.05, 0.1) is 12.2 Å². The standard InChI is InChI=1S/C24H22ClFN6OS/c25-18-6-7-19(26)20(14-18)28-24(34)31-11-8-16(9-12-31)22-27-10-13-32(22)15-21-29-23(33-30-21)17-4-2-1-3-5-17/h1-7,10,13-14,16H,8-9,11-12,15H2,(H,28,34). The number of imidazole rings is 1. The molecule has 2 aromatic heterocycles. The number of piperidine rings is 1. The molecule has 0 bridgehead atoms. The van der Waals surface area contributed by atoms with E-state index in [1.165, 1.54) is 18.2 Å². The highest BCUT2D eigenvalue weighted by Crippen LogP contribution is 2.28. The van der Waals surface area contributed by atoms with Crippen molar-refractivity contribution >= 4 is 34.6 Å². The Kier molecular flexibility index (Phi) is 6.55. The van der Waals surface area contributed by atoms with Gasteiger partial charge < -0.3 is 19.3 Å². The number of thiocarbonyl (C=S) groups is 1. The van der Waals surface area contributed by atoms with Crippen LogP contribution >= 0.6 is 23.8 Å². The maximum atomic E-state index is 14.0. The molecule has 1 aliphatic heterocycles. The first-order chi connectivity index (χ1) is 16.6. The molecule has 0 atom stereocenters. The first-order valence-electron chi connectivity index (χ1n) is 11.0. The molecule has 0 saturated carbocycles. The van der Waals surface area contributed by atoms with Gasteiger partial charge in [-0.1, -0.05) is 35.0 Å². The Morgan fingerprint density at radius 3 is 2.76 bits per heavy atom. The van der Waals surface area contributed by atoms with Crippen molar-refractivity contribution in [3.05, 3.63) is 83.4 Å². The second-order valence-corrected chi connectivity index (χ2v) is 8.93. The summed E-state index contributed by atoms with van der Waals surface area (Å²) in [4.78, 5) is 11.2. The van der Waals surface area contributed by atoms with Crippen LogP contribution in [0.15, 0.2) is 65.4 Å². The van der Waals surface area contributed by atoms with Crippen molar-refractivity contribution in [2.45, 2.75) is 25.3 Å². The fourth-order valence-electron chi connectivity index (χ4n) is 4.11. The van der Waals surface area contributed by atoms with Crippen molar-refractivity contribution in [1.29, 1.82) is 0 Å². The monoisotopic (exact) mass is 496 g/mol. The molecule has 0 unspecified atom stereocenters. The van der Waals surface area contributed by atoms with Gasteiger partial charge in [-0.25, -0.2) is 9.37 Å². The number of hydrogen-bond acceptors (Lipinski definition) is 5. The minimum Gasteiger partial charge on any atom is -0.349 e. The number of likely N-dealkylation sites (tertiary alicyclic amines) is 1. The molecule has 10 heteroatoms. The Bertz CT molecular complexity index is 1290. The topological polar surface area (TPSA) is 72.0 Å². The van der Waals surface area contributed by atoms with Crippen LogP contribution in [0.5, 0.6) is 0 Å². The first-order valence-corrected chi connectivity index (χ1v) is 11.8. The molecule has 3 heterocycles. The van der Waals surface area contributed by atoms with E-state index in [1.54, 1.807) is 6.20 Å². The van der Waals surface area contributed by atoms with Gasteiger partial charge in [0.15, 0.2) is 10.9 Å². The summed E-state index contributed by atoms with van der Waals surface area (Å²) < 4.78 is 21.5. The second kappa shape index (κ2) is 9.90. The van der Waals surface area contributed by atoms with E-state index in [1.807, 2.05) is 41.4 Å². The fourth-order valence-corrected chi connectivity index (χ4v) is 4.58. The SMILES string of the molecule is Fc1ccc(Cl)cc1NC(=S)N1CCC(c2nccn2Cc2noc(-c3ccccc3)n2)CC1. The highest BCUT2D eigenvalue weighted by atomic mass is 35.5. The summed E-state index contributed by atoms with van der Waals surface area (Å²) in [6, 6.07) is 14.1. The largest absolute Gasteiger partial charge is 0.349 e. The van der Waals surface area contributed by atoms with Crippen molar-refractivity contribution in [2.24, 2.45) is 0 Å². The summed E-state index contributed by atoms with van der Waals surface area (Å²) in [7, 11) is 0. The maximum absolute atomic E-state index is 14.0. The highest BCUT2D eigenvalue weighted by molar-refractivity contribution is 7.80. The number of halogens is 2. The van der Waals surface area contributed by atoms with Crippen LogP contribution in [0, 0.1) is 5.82 Å². The van der Waals surface area contributed by atoms with Crippen molar-refractivity contribution < 1.29 is 8.91 Å². The van der Waals surface area contributed by atoms with Crippen molar-refractivity contribution in [3.63, 3.8) is 0 Å². The Morgan fingerprint density at radius 2 is 1.97 bits per heavy atom. The normalized spacial score (nSPS) is 14.4. The Labute approximate surface area is 206 Å². The van der Waals surface area contributed by atoms with Gasteiger partial charge in [0.2, 0.25) is 0 Å². The van der Waals surface area contributed by atoms with Gasteiger partial charge in [-0.2, -0.15) is 4.98 Å². The van der Waals surface area contributed by atoms with Crippen LogP contribution in [-0.4, -0.2) is 42.8 Å².